The maximum Gasteiger partial charge on any atom is 0.573 e. The van der Waals surface area contributed by atoms with Crippen molar-refractivity contribution in [2.24, 2.45) is 0 Å². The number of halogens is 9. The van der Waals surface area contributed by atoms with Gasteiger partial charge in [0.2, 0.25) is 5.91 Å². The molecule has 210 valence electrons. The van der Waals surface area contributed by atoms with E-state index in [4.69, 9.17) is 0 Å². The smallest absolute Gasteiger partial charge is 0.406 e. The van der Waals surface area contributed by atoms with Gasteiger partial charge in [0.25, 0.3) is 0 Å². The molecule has 0 radical (unpaired) electrons. The molecule has 39 heavy (non-hydrogen) atoms. The highest BCUT2D eigenvalue weighted by Crippen LogP contribution is 2.40. The standard InChI is InChI=1S/C26H20F9NO3/c27-24(28,29)15-22(37)36-16-23(14-17-6-2-1-3-7-17,18-8-4-10-20(12-18)38-25(30,31)32)19-9-5-11-21(13-19)39-26(33,34)35/h1-13H,14-16H2,(H,36,37). The highest BCUT2D eigenvalue weighted by atomic mass is 19.4. The lowest BCUT2D eigenvalue weighted by Crippen LogP contribution is -2.44. The quantitative estimate of drug-likeness (QED) is 0.282. The molecule has 0 saturated carbocycles. The first-order valence-corrected chi connectivity index (χ1v) is 11.1. The first-order valence-electron chi connectivity index (χ1n) is 11.1. The molecule has 1 N–H and O–H groups in total. The molecule has 13 heteroatoms. The molecule has 3 aromatic carbocycles. The van der Waals surface area contributed by atoms with E-state index in [1.807, 2.05) is 0 Å². The van der Waals surface area contributed by atoms with E-state index in [1.165, 1.54) is 24.3 Å². The summed E-state index contributed by atoms with van der Waals surface area (Å²) in [5, 5.41) is 2.15. The third-order valence-electron chi connectivity index (χ3n) is 5.54. The lowest BCUT2D eigenvalue weighted by molar-refractivity contribution is -0.275. The van der Waals surface area contributed by atoms with Crippen molar-refractivity contribution in [3.63, 3.8) is 0 Å². The van der Waals surface area contributed by atoms with Gasteiger partial charge in [-0.3, -0.25) is 4.79 Å². The van der Waals surface area contributed by atoms with Gasteiger partial charge in [0.1, 0.15) is 17.9 Å². The summed E-state index contributed by atoms with van der Waals surface area (Å²) in [5.74, 6) is -2.80. The van der Waals surface area contributed by atoms with Gasteiger partial charge in [-0.25, -0.2) is 0 Å². The molecule has 3 rings (SSSR count). The first kappa shape index (κ1) is 29.7. The van der Waals surface area contributed by atoms with E-state index in [-0.39, 0.29) is 17.5 Å². The molecule has 0 aliphatic carbocycles. The molecule has 0 unspecified atom stereocenters. The molecule has 0 fully saturated rings. The first-order chi connectivity index (χ1) is 18.0. The Labute approximate surface area is 216 Å². The Kier molecular flexibility index (Phi) is 8.71. The lowest BCUT2D eigenvalue weighted by atomic mass is 9.70. The molecular weight excluding hydrogens is 545 g/mol. The summed E-state index contributed by atoms with van der Waals surface area (Å²) in [7, 11) is 0. The zero-order valence-corrected chi connectivity index (χ0v) is 19.8. The number of hydrogen-bond donors (Lipinski definition) is 1. The monoisotopic (exact) mass is 565 g/mol. The Bertz CT molecular complexity index is 1200. The zero-order chi connectivity index (χ0) is 28.9. The number of benzene rings is 3. The van der Waals surface area contributed by atoms with Gasteiger partial charge < -0.3 is 14.8 Å². The minimum absolute atomic E-state index is 0.0181. The van der Waals surface area contributed by atoms with Crippen LogP contribution in [-0.2, 0) is 16.6 Å². The largest absolute Gasteiger partial charge is 0.573 e. The summed E-state index contributed by atoms with van der Waals surface area (Å²) in [5.41, 5.74) is -1.11. The number of carbonyl (C=O) groups excluding carboxylic acids is 1. The summed E-state index contributed by atoms with van der Waals surface area (Å²) >= 11 is 0. The average molecular weight is 565 g/mol. The molecule has 0 spiro atoms. The SMILES string of the molecule is O=C(CC(F)(F)F)NCC(Cc1ccccc1)(c1cccc(OC(F)(F)F)c1)c1cccc(OC(F)(F)F)c1. The molecule has 0 atom stereocenters. The summed E-state index contributed by atoms with van der Waals surface area (Å²) in [4.78, 5) is 12.2. The van der Waals surface area contributed by atoms with Gasteiger partial charge in [0.15, 0.2) is 0 Å². The third-order valence-corrected chi connectivity index (χ3v) is 5.54. The van der Waals surface area contributed by atoms with Gasteiger partial charge >= 0.3 is 18.9 Å². The summed E-state index contributed by atoms with van der Waals surface area (Å²) in [6.07, 6.45) is -17.0. The fourth-order valence-corrected chi connectivity index (χ4v) is 4.06. The van der Waals surface area contributed by atoms with Crippen molar-refractivity contribution < 1.29 is 53.8 Å². The van der Waals surface area contributed by atoms with Crippen molar-refractivity contribution >= 4 is 5.91 Å². The van der Waals surface area contributed by atoms with E-state index in [1.54, 1.807) is 30.3 Å². The van der Waals surface area contributed by atoms with Crippen LogP contribution in [0.1, 0.15) is 23.1 Å². The Hall–Kier alpha value is -3.90. The van der Waals surface area contributed by atoms with Crippen LogP contribution in [0, 0.1) is 0 Å². The van der Waals surface area contributed by atoms with Crippen LogP contribution in [0.2, 0.25) is 0 Å². The maximum atomic E-state index is 13.0. The fourth-order valence-electron chi connectivity index (χ4n) is 4.06. The molecular formula is C26H20F9NO3. The molecule has 4 nitrogen and oxygen atoms in total. The van der Waals surface area contributed by atoms with Crippen LogP contribution >= 0.6 is 0 Å². The van der Waals surface area contributed by atoms with Gasteiger partial charge in [-0.2, -0.15) is 13.2 Å². The molecule has 1 amide bonds. The highest BCUT2D eigenvalue weighted by molar-refractivity contribution is 5.77. The summed E-state index contributed by atoms with van der Waals surface area (Å²) < 4.78 is 124. The van der Waals surface area contributed by atoms with Crippen LogP contribution in [0.15, 0.2) is 78.9 Å². The lowest BCUT2D eigenvalue weighted by Gasteiger charge is -2.36. The van der Waals surface area contributed by atoms with E-state index in [2.05, 4.69) is 14.8 Å². The van der Waals surface area contributed by atoms with Gasteiger partial charge in [0, 0.05) is 12.0 Å². The van der Waals surface area contributed by atoms with Crippen LogP contribution < -0.4 is 14.8 Å². The number of ether oxygens (including phenoxy) is 2. The molecule has 0 aliphatic rings. The Morgan fingerprint density at radius 3 is 1.59 bits per heavy atom. The van der Waals surface area contributed by atoms with Gasteiger partial charge in [-0.05, 0) is 47.4 Å². The molecule has 0 aromatic heterocycles. The van der Waals surface area contributed by atoms with Gasteiger partial charge in [-0.15, -0.1) is 26.3 Å². The molecule has 0 heterocycles. The fraction of sp³-hybridized carbons (Fsp3) is 0.269. The second-order valence-corrected chi connectivity index (χ2v) is 8.46. The molecule has 0 bridgehead atoms. The van der Waals surface area contributed by atoms with E-state index < -0.39 is 54.7 Å². The van der Waals surface area contributed by atoms with Crippen molar-refractivity contribution in [1.29, 1.82) is 0 Å². The molecule has 0 aliphatic heterocycles. The number of carbonyl (C=O) groups is 1. The van der Waals surface area contributed by atoms with Crippen molar-refractivity contribution in [3.05, 3.63) is 95.6 Å². The zero-order valence-electron chi connectivity index (χ0n) is 19.8. The van der Waals surface area contributed by atoms with E-state index in [0.29, 0.717) is 5.56 Å². The maximum absolute atomic E-state index is 13.0. The number of nitrogens with one attached hydrogen (secondary N) is 1. The Morgan fingerprint density at radius 1 is 0.667 bits per heavy atom. The minimum Gasteiger partial charge on any atom is -0.406 e. The van der Waals surface area contributed by atoms with Crippen LogP contribution in [0.25, 0.3) is 0 Å². The number of alkyl halides is 9. The third kappa shape index (κ3) is 9.11. The predicted octanol–water partition coefficient (Wildman–Crippen LogP) is 7.08. The van der Waals surface area contributed by atoms with E-state index in [9.17, 15) is 44.3 Å². The van der Waals surface area contributed by atoms with Gasteiger partial charge in [0.05, 0.1) is 0 Å². The van der Waals surface area contributed by atoms with Crippen LogP contribution in [-0.4, -0.2) is 31.4 Å². The summed E-state index contributed by atoms with van der Waals surface area (Å²) in [6.45, 7) is -0.623. The predicted molar refractivity (Wildman–Crippen MR) is 121 cm³/mol. The molecule has 3 aromatic rings. The van der Waals surface area contributed by atoms with Crippen LogP contribution in [0.4, 0.5) is 39.5 Å². The Balaban J connectivity index is 2.21. The molecule has 0 saturated heterocycles. The number of hydrogen-bond acceptors (Lipinski definition) is 3. The van der Waals surface area contributed by atoms with Crippen LogP contribution in [0.3, 0.4) is 0 Å². The number of amides is 1. The average Bonchev–Trinajstić information content (AvgIpc) is 2.79. The highest BCUT2D eigenvalue weighted by Gasteiger charge is 2.39. The van der Waals surface area contributed by atoms with E-state index >= 15 is 0 Å². The van der Waals surface area contributed by atoms with Crippen molar-refractivity contribution in [2.45, 2.75) is 37.2 Å². The number of rotatable bonds is 9. The summed E-state index contributed by atoms with van der Waals surface area (Å²) in [6, 6.07) is 17.0. The van der Waals surface area contributed by atoms with Crippen molar-refractivity contribution in [2.75, 3.05) is 6.54 Å². The van der Waals surface area contributed by atoms with Crippen molar-refractivity contribution in [1.82, 2.24) is 5.32 Å². The second-order valence-electron chi connectivity index (χ2n) is 8.46. The minimum atomic E-state index is -5.08. The topological polar surface area (TPSA) is 47.6 Å². The van der Waals surface area contributed by atoms with E-state index in [0.717, 1.165) is 24.3 Å². The second kappa shape index (κ2) is 11.5. The normalized spacial score (nSPS) is 12.6. The van der Waals surface area contributed by atoms with Crippen LogP contribution in [0.5, 0.6) is 11.5 Å². The van der Waals surface area contributed by atoms with Gasteiger partial charge in [-0.1, -0.05) is 54.6 Å². The Morgan fingerprint density at radius 2 is 1.15 bits per heavy atom. The van der Waals surface area contributed by atoms with Crippen molar-refractivity contribution in [3.8, 4) is 11.5 Å².